The number of rotatable bonds is 5. The van der Waals surface area contributed by atoms with E-state index in [1.54, 1.807) is 16.8 Å². The van der Waals surface area contributed by atoms with E-state index < -0.39 is 0 Å². The normalized spacial score (nSPS) is 10.7. The zero-order valence-corrected chi connectivity index (χ0v) is 13.8. The number of pyridine rings is 2. The van der Waals surface area contributed by atoms with Crippen molar-refractivity contribution < 1.29 is 9.53 Å². The van der Waals surface area contributed by atoms with E-state index in [4.69, 9.17) is 4.74 Å². The minimum Gasteiger partial charge on any atom is -0.425 e. The van der Waals surface area contributed by atoms with E-state index in [0.29, 0.717) is 35.2 Å². The highest BCUT2D eigenvalue weighted by Crippen LogP contribution is 2.28. The van der Waals surface area contributed by atoms with Crippen molar-refractivity contribution in [3.8, 4) is 17.3 Å². The largest absolute Gasteiger partial charge is 0.425 e. The Morgan fingerprint density at radius 3 is 2.92 bits per heavy atom. The quantitative estimate of drug-likeness (QED) is 0.555. The molecule has 0 saturated heterocycles. The molecule has 4 aromatic heterocycles. The molecule has 0 spiro atoms. The van der Waals surface area contributed by atoms with Crippen molar-refractivity contribution >= 4 is 23.5 Å². The van der Waals surface area contributed by atoms with Gasteiger partial charge in [-0.3, -0.25) is 9.78 Å². The number of carbonyl (C=O) groups excluding carboxylic acids is 1. The van der Waals surface area contributed by atoms with Crippen molar-refractivity contribution in [3.63, 3.8) is 0 Å². The third-order valence-electron chi connectivity index (χ3n) is 3.72. The van der Waals surface area contributed by atoms with Crippen LogP contribution in [-0.2, 0) is 4.79 Å². The molecule has 8 heteroatoms. The molecule has 0 aliphatic heterocycles. The van der Waals surface area contributed by atoms with Gasteiger partial charge in [0.2, 0.25) is 5.82 Å². The lowest BCUT2D eigenvalue weighted by molar-refractivity contribution is -0.120. The highest BCUT2D eigenvalue weighted by atomic mass is 16.5. The number of anilines is 2. The number of nitrogens with zero attached hydrogens (tertiary/aromatic N) is 5. The van der Waals surface area contributed by atoms with E-state index in [1.807, 2.05) is 43.5 Å². The monoisotopic (exact) mass is 346 g/mol. The van der Waals surface area contributed by atoms with Gasteiger partial charge in [-0.2, -0.15) is 0 Å². The van der Waals surface area contributed by atoms with E-state index in [2.05, 4.69) is 25.4 Å². The third-order valence-corrected chi connectivity index (χ3v) is 3.72. The van der Waals surface area contributed by atoms with Crippen LogP contribution < -0.4 is 10.1 Å². The molecule has 0 saturated carbocycles. The molecule has 0 aliphatic carbocycles. The Labute approximate surface area is 148 Å². The zero-order chi connectivity index (χ0) is 17.9. The Kier molecular flexibility index (Phi) is 3.98. The second-order valence-corrected chi connectivity index (χ2v) is 5.50. The first kappa shape index (κ1) is 15.7. The van der Waals surface area contributed by atoms with Crippen LogP contribution in [0.15, 0.2) is 55.0 Å². The van der Waals surface area contributed by atoms with Crippen LogP contribution in [0.1, 0.15) is 5.69 Å². The summed E-state index contributed by atoms with van der Waals surface area (Å²) in [5.41, 5.74) is 2.89. The lowest BCUT2D eigenvalue weighted by Crippen LogP contribution is -2.05. The molecule has 0 aliphatic rings. The molecule has 0 atom stereocenters. The minimum absolute atomic E-state index is 0.307. The van der Waals surface area contributed by atoms with Crippen molar-refractivity contribution in [2.75, 3.05) is 5.32 Å². The Hall–Kier alpha value is -3.81. The van der Waals surface area contributed by atoms with Gasteiger partial charge in [0, 0.05) is 18.1 Å². The summed E-state index contributed by atoms with van der Waals surface area (Å²) >= 11 is 0. The molecule has 4 rings (SSSR count). The zero-order valence-electron chi connectivity index (χ0n) is 13.8. The SMILES string of the molecule is Cc1cccc(-c2nc(Nc3ccncc3OC=O)c3cccn3n2)n1. The predicted molar refractivity (Wildman–Crippen MR) is 95.2 cm³/mol. The standard InChI is InChI=1S/C18H14N6O2/c1-12-4-2-5-14(20-12)17-22-18(15-6-3-9-24(15)23-17)21-13-7-8-19-10-16(13)26-11-25/h2-11H,1H3,(H,19,21,22,23). The molecule has 1 N–H and O–H groups in total. The van der Waals surface area contributed by atoms with Crippen LogP contribution in [0.3, 0.4) is 0 Å². The first-order valence-electron chi connectivity index (χ1n) is 7.85. The molecule has 26 heavy (non-hydrogen) atoms. The van der Waals surface area contributed by atoms with Crippen LogP contribution in [0, 0.1) is 6.92 Å². The first-order valence-corrected chi connectivity index (χ1v) is 7.85. The van der Waals surface area contributed by atoms with Crippen LogP contribution in [0.4, 0.5) is 11.5 Å². The summed E-state index contributed by atoms with van der Waals surface area (Å²) in [6.45, 7) is 2.27. The molecular weight excluding hydrogens is 332 g/mol. The van der Waals surface area contributed by atoms with Crippen molar-refractivity contribution in [1.82, 2.24) is 24.6 Å². The number of aromatic nitrogens is 5. The maximum absolute atomic E-state index is 10.7. The molecule has 128 valence electrons. The van der Waals surface area contributed by atoms with E-state index in [0.717, 1.165) is 11.2 Å². The Bertz CT molecular complexity index is 1090. The van der Waals surface area contributed by atoms with Gasteiger partial charge in [0.25, 0.3) is 6.47 Å². The molecule has 0 amide bonds. The van der Waals surface area contributed by atoms with E-state index in [1.165, 1.54) is 6.20 Å². The molecule has 0 radical (unpaired) electrons. The van der Waals surface area contributed by atoms with E-state index in [-0.39, 0.29) is 0 Å². The molecule has 4 aromatic rings. The molecule has 0 unspecified atom stereocenters. The van der Waals surface area contributed by atoms with Crippen molar-refractivity contribution in [2.45, 2.75) is 6.92 Å². The van der Waals surface area contributed by atoms with Crippen molar-refractivity contribution in [2.24, 2.45) is 0 Å². The second kappa shape index (κ2) is 6.60. The molecular formula is C18H14N6O2. The molecule has 0 aromatic carbocycles. The highest BCUT2D eigenvalue weighted by Gasteiger charge is 2.13. The van der Waals surface area contributed by atoms with Gasteiger partial charge in [-0.25, -0.2) is 14.5 Å². The molecule has 0 fully saturated rings. The number of carbonyl (C=O) groups is 1. The number of hydrogen-bond acceptors (Lipinski definition) is 7. The van der Waals surface area contributed by atoms with Gasteiger partial charge >= 0.3 is 0 Å². The van der Waals surface area contributed by atoms with Gasteiger partial charge in [-0.05, 0) is 37.3 Å². The maximum Gasteiger partial charge on any atom is 0.298 e. The van der Waals surface area contributed by atoms with Crippen LogP contribution in [0.2, 0.25) is 0 Å². The lowest BCUT2D eigenvalue weighted by atomic mass is 10.3. The van der Waals surface area contributed by atoms with E-state index >= 15 is 0 Å². The Morgan fingerprint density at radius 2 is 2.08 bits per heavy atom. The smallest absolute Gasteiger partial charge is 0.298 e. The van der Waals surface area contributed by atoms with Gasteiger partial charge in [0.15, 0.2) is 11.6 Å². The summed E-state index contributed by atoms with van der Waals surface area (Å²) in [5, 5.41) is 7.70. The summed E-state index contributed by atoms with van der Waals surface area (Å²) in [6.07, 6.45) is 4.88. The van der Waals surface area contributed by atoms with Gasteiger partial charge in [-0.15, -0.1) is 5.10 Å². The maximum atomic E-state index is 10.7. The average Bonchev–Trinajstić information content (AvgIpc) is 3.12. The molecule has 8 nitrogen and oxygen atoms in total. The van der Waals surface area contributed by atoms with Crippen LogP contribution >= 0.6 is 0 Å². The third kappa shape index (κ3) is 2.95. The summed E-state index contributed by atoms with van der Waals surface area (Å²) in [4.78, 5) is 23.8. The summed E-state index contributed by atoms with van der Waals surface area (Å²) in [5.74, 6) is 1.35. The van der Waals surface area contributed by atoms with Gasteiger partial charge in [0.05, 0.1) is 11.9 Å². The minimum atomic E-state index is 0.307. The summed E-state index contributed by atoms with van der Waals surface area (Å²) in [6, 6.07) is 11.1. The van der Waals surface area contributed by atoms with Crippen molar-refractivity contribution in [1.29, 1.82) is 0 Å². The van der Waals surface area contributed by atoms with E-state index in [9.17, 15) is 4.79 Å². The Morgan fingerprint density at radius 1 is 1.15 bits per heavy atom. The lowest BCUT2D eigenvalue weighted by Gasteiger charge is -2.11. The van der Waals surface area contributed by atoms with Gasteiger partial charge in [-0.1, -0.05) is 6.07 Å². The summed E-state index contributed by atoms with van der Waals surface area (Å²) < 4.78 is 6.68. The predicted octanol–water partition coefficient (Wildman–Crippen LogP) is 2.77. The van der Waals surface area contributed by atoms with Crippen LogP contribution in [-0.4, -0.2) is 31.0 Å². The fourth-order valence-corrected chi connectivity index (χ4v) is 2.56. The number of ether oxygens (including phenoxy) is 1. The van der Waals surface area contributed by atoms with Crippen molar-refractivity contribution in [3.05, 3.63) is 60.7 Å². The van der Waals surface area contributed by atoms with Crippen LogP contribution in [0.25, 0.3) is 17.0 Å². The van der Waals surface area contributed by atoms with Gasteiger partial charge in [0.1, 0.15) is 11.2 Å². The topological polar surface area (TPSA) is 94.3 Å². The average molecular weight is 346 g/mol. The fraction of sp³-hybridized carbons (Fsp3) is 0.0556. The highest BCUT2D eigenvalue weighted by molar-refractivity contribution is 5.77. The molecule has 0 bridgehead atoms. The fourth-order valence-electron chi connectivity index (χ4n) is 2.56. The molecule has 4 heterocycles. The Balaban J connectivity index is 1.82. The number of hydrogen-bond donors (Lipinski definition) is 1. The number of aryl methyl sites for hydroxylation is 1. The second-order valence-electron chi connectivity index (χ2n) is 5.50. The summed E-state index contributed by atoms with van der Waals surface area (Å²) in [7, 11) is 0. The first-order chi connectivity index (χ1) is 12.7. The van der Waals surface area contributed by atoms with Gasteiger partial charge < -0.3 is 10.1 Å². The number of nitrogens with one attached hydrogen (secondary N) is 1. The van der Waals surface area contributed by atoms with Crippen LogP contribution in [0.5, 0.6) is 5.75 Å². The number of fused-ring (bicyclic) bond motifs is 1.